The second-order valence-electron chi connectivity index (χ2n) is 6.04. The molecule has 0 heterocycles. The molecule has 3 atom stereocenters. The van der Waals surface area contributed by atoms with E-state index in [0.29, 0.717) is 5.02 Å². The van der Waals surface area contributed by atoms with Gasteiger partial charge in [0.1, 0.15) is 11.2 Å². The minimum absolute atomic E-state index is 0.126. The van der Waals surface area contributed by atoms with Gasteiger partial charge in [0.05, 0.1) is 7.11 Å². The summed E-state index contributed by atoms with van der Waals surface area (Å²) < 4.78 is 4.86. The highest BCUT2D eigenvalue weighted by Gasteiger charge is 2.48. The fourth-order valence-electron chi connectivity index (χ4n) is 3.15. The number of ether oxygens (including phenoxy) is 1. The Balaban J connectivity index is 1.91. The lowest BCUT2D eigenvalue weighted by atomic mass is 9.74. The van der Waals surface area contributed by atoms with E-state index in [1.807, 2.05) is 30.3 Å². The van der Waals surface area contributed by atoms with Gasteiger partial charge in [-0.1, -0.05) is 41.9 Å². The molecule has 0 radical (unpaired) electrons. The predicted molar refractivity (Wildman–Crippen MR) is 100 cm³/mol. The van der Waals surface area contributed by atoms with Gasteiger partial charge in [-0.2, -0.15) is 0 Å². The first-order valence-electron chi connectivity index (χ1n) is 8.12. The van der Waals surface area contributed by atoms with Crippen LogP contribution < -0.4 is 0 Å². The molecule has 2 aromatic rings. The molecule has 1 aliphatic rings. The summed E-state index contributed by atoms with van der Waals surface area (Å²) in [4.78, 5) is 38.8. The first-order chi connectivity index (χ1) is 12.5. The van der Waals surface area contributed by atoms with E-state index < -0.39 is 28.8 Å². The molecule has 0 aromatic heterocycles. The summed E-state index contributed by atoms with van der Waals surface area (Å²) in [5, 5.41) is -0.340. The van der Waals surface area contributed by atoms with Crippen LogP contribution in [0.15, 0.2) is 59.5 Å². The molecule has 0 bridgehead atoms. The summed E-state index contributed by atoms with van der Waals surface area (Å²) in [6.07, 6.45) is 0.126. The first kappa shape index (κ1) is 18.7. The predicted octanol–water partition coefficient (Wildman–Crippen LogP) is 3.92. The summed E-state index contributed by atoms with van der Waals surface area (Å²) in [6.45, 7) is 0. The van der Waals surface area contributed by atoms with Crippen molar-refractivity contribution in [3.8, 4) is 0 Å². The van der Waals surface area contributed by atoms with E-state index in [1.165, 1.54) is 7.11 Å². The highest BCUT2D eigenvalue weighted by Crippen LogP contribution is 2.40. The summed E-state index contributed by atoms with van der Waals surface area (Å²) >= 11 is 7.03. The van der Waals surface area contributed by atoms with Gasteiger partial charge in [0.2, 0.25) is 0 Å². The molecule has 6 heteroatoms. The van der Waals surface area contributed by atoms with E-state index in [-0.39, 0.29) is 12.2 Å². The number of esters is 1. The highest BCUT2D eigenvalue weighted by atomic mass is 35.5. The highest BCUT2D eigenvalue weighted by molar-refractivity contribution is 8.01. The fraction of sp³-hybridized carbons (Fsp3) is 0.250. The molecular weight excluding hydrogens is 372 g/mol. The molecule has 1 fully saturated rings. The van der Waals surface area contributed by atoms with Crippen molar-refractivity contribution >= 4 is 40.9 Å². The Morgan fingerprint density at radius 2 is 1.73 bits per heavy atom. The van der Waals surface area contributed by atoms with Crippen molar-refractivity contribution in [2.45, 2.75) is 22.5 Å². The van der Waals surface area contributed by atoms with Crippen LogP contribution in [0.25, 0.3) is 0 Å². The maximum Gasteiger partial charge on any atom is 0.316 e. The summed E-state index contributed by atoms with van der Waals surface area (Å²) in [6, 6.07) is 16.1. The number of hydrogen-bond acceptors (Lipinski definition) is 5. The van der Waals surface area contributed by atoms with Gasteiger partial charge < -0.3 is 4.74 Å². The average Bonchev–Trinajstić information content (AvgIpc) is 2.66. The van der Waals surface area contributed by atoms with E-state index in [9.17, 15) is 14.4 Å². The van der Waals surface area contributed by atoms with Gasteiger partial charge in [0.15, 0.2) is 11.6 Å². The SMILES string of the molecule is COC(=O)[C@@H]1C(=O)[C@@H](Sc2ccc(Cl)cc2)C(=O)C[C@H]1c1ccccc1. The van der Waals surface area contributed by atoms with E-state index in [0.717, 1.165) is 22.2 Å². The Morgan fingerprint density at radius 3 is 2.35 bits per heavy atom. The van der Waals surface area contributed by atoms with Crippen LogP contribution in [0, 0.1) is 5.92 Å². The van der Waals surface area contributed by atoms with Crippen molar-refractivity contribution in [1.29, 1.82) is 0 Å². The van der Waals surface area contributed by atoms with Crippen molar-refractivity contribution < 1.29 is 19.1 Å². The Morgan fingerprint density at radius 1 is 1.08 bits per heavy atom. The molecule has 0 saturated heterocycles. The molecular formula is C20H17ClO4S. The number of hydrogen-bond donors (Lipinski definition) is 0. The van der Waals surface area contributed by atoms with Crippen LogP contribution in [0.1, 0.15) is 17.9 Å². The van der Waals surface area contributed by atoms with Gasteiger partial charge in [0, 0.05) is 22.3 Å². The van der Waals surface area contributed by atoms with E-state index in [4.69, 9.17) is 16.3 Å². The third kappa shape index (κ3) is 3.84. The Bertz CT molecular complexity index is 819. The van der Waals surface area contributed by atoms with Crippen LogP contribution in [0.4, 0.5) is 0 Å². The van der Waals surface area contributed by atoms with Crippen molar-refractivity contribution in [2.75, 3.05) is 7.11 Å². The first-order valence-corrected chi connectivity index (χ1v) is 9.38. The zero-order chi connectivity index (χ0) is 18.7. The molecule has 26 heavy (non-hydrogen) atoms. The lowest BCUT2D eigenvalue weighted by Crippen LogP contribution is -2.46. The molecule has 0 aliphatic heterocycles. The van der Waals surface area contributed by atoms with Crippen LogP contribution in [0.5, 0.6) is 0 Å². The molecule has 0 unspecified atom stereocenters. The number of Topliss-reactive ketones (excluding diaryl/α,β-unsaturated/α-hetero) is 2. The van der Waals surface area contributed by atoms with Crippen LogP contribution in [0.2, 0.25) is 5.02 Å². The number of methoxy groups -OCH3 is 1. The largest absolute Gasteiger partial charge is 0.468 e. The monoisotopic (exact) mass is 388 g/mol. The van der Waals surface area contributed by atoms with E-state index >= 15 is 0 Å². The third-order valence-electron chi connectivity index (χ3n) is 4.43. The maximum absolute atomic E-state index is 13.0. The van der Waals surface area contributed by atoms with Gasteiger partial charge in [0.25, 0.3) is 0 Å². The van der Waals surface area contributed by atoms with Gasteiger partial charge in [-0.3, -0.25) is 14.4 Å². The molecule has 3 rings (SSSR count). The average molecular weight is 389 g/mol. The third-order valence-corrected chi connectivity index (χ3v) is 5.96. The minimum atomic E-state index is -0.982. The molecule has 0 N–H and O–H groups in total. The maximum atomic E-state index is 13.0. The number of carbonyl (C=O) groups is 3. The minimum Gasteiger partial charge on any atom is -0.468 e. The molecule has 1 aliphatic carbocycles. The smallest absolute Gasteiger partial charge is 0.316 e. The fourth-order valence-corrected chi connectivity index (χ4v) is 4.33. The topological polar surface area (TPSA) is 60.4 Å². The standard InChI is InChI=1S/C20H17ClO4S/c1-25-20(24)17-15(12-5-3-2-4-6-12)11-16(22)19(18(17)23)26-14-9-7-13(21)8-10-14/h2-10,15,17,19H,11H2,1H3/t15-,17-,19-/m0/s1. The number of halogens is 1. The quantitative estimate of drug-likeness (QED) is 0.587. The van der Waals surface area contributed by atoms with Crippen molar-refractivity contribution in [1.82, 2.24) is 0 Å². The Labute approximate surface area is 160 Å². The number of thioether (sulfide) groups is 1. The van der Waals surface area contributed by atoms with Crippen molar-refractivity contribution in [3.05, 3.63) is 65.2 Å². The van der Waals surface area contributed by atoms with Gasteiger partial charge in [-0.25, -0.2) is 0 Å². The number of carbonyl (C=O) groups excluding carboxylic acids is 3. The number of ketones is 2. The van der Waals surface area contributed by atoms with Crippen LogP contribution in [-0.4, -0.2) is 29.9 Å². The van der Waals surface area contributed by atoms with E-state index in [2.05, 4.69) is 0 Å². The number of rotatable bonds is 4. The summed E-state index contributed by atoms with van der Waals surface area (Å²) in [5.74, 6) is -2.65. The van der Waals surface area contributed by atoms with E-state index in [1.54, 1.807) is 24.3 Å². The van der Waals surface area contributed by atoms with Crippen LogP contribution in [-0.2, 0) is 19.1 Å². The number of benzene rings is 2. The normalized spacial score (nSPS) is 22.9. The van der Waals surface area contributed by atoms with Gasteiger partial charge in [-0.05, 0) is 29.8 Å². The van der Waals surface area contributed by atoms with Crippen molar-refractivity contribution in [3.63, 3.8) is 0 Å². The van der Waals surface area contributed by atoms with Crippen LogP contribution >= 0.6 is 23.4 Å². The Kier molecular flexibility index (Phi) is 5.79. The van der Waals surface area contributed by atoms with Gasteiger partial charge in [-0.15, -0.1) is 11.8 Å². The lowest BCUT2D eigenvalue weighted by Gasteiger charge is -2.32. The molecule has 2 aromatic carbocycles. The second kappa shape index (κ2) is 8.06. The second-order valence-corrected chi connectivity index (χ2v) is 7.66. The molecule has 0 amide bonds. The Hall–Kier alpha value is -2.11. The van der Waals surface area contributed by atoms with Crippen molar-refractivity contribution in [2.24, 2.45) is 5.92 Å². The summed E-state index contributed by atoms with van der Waals surface area (Å²) in [5.41, 5.74) is 0.791. The zero-order valence-corrected chi connectivity index (χ0v) is 15.6. The molecule has 1 saturated carbocycles. The lowest BCUT2D eigenvalue weighted by molar-refractivity contribution is -0.152. The van der Waals surface area contributed by atoms with Gasteiger partial charge >= 0.3 is 5.97 Å². The molecule has 4 nitrogen and oxygen atoms in total. The van der Waals surface area contributed by atoms with Crippen LogP contribution in [0.3, 0.4) is 0 Å². The molecule has 134 valence electrons. The summed E-state index contributed by atoms with van der Waals surface area (Å²) in [7, 11) is 1.26. The zero-order valence-electron chi connectivity index (χ0n) is 14.1. The molecule has 0 spiro atoms.